The Morgan fingerprint density at radius 1 is 1.05 bits per heavy atom. The third-order valence-electron chi connectivity index (χ3n) is 4.63. The van der Waals surface area contributed by atoms with Gasteiger partial charge in [0.15, 0.2) is 5.78 Å². The molecule has 0 saturated carbocycles. The van der Waals surface area contributed by atoms with Crippen molar-refractivity contribution >= 4 is 11.4 Å². The Balaban J connectivity index is 2.19. The van der Waals surface area contributed by atoms with E-state index >= 15 is 0 Å². The molecular formula is C20H20O2. The summed E-state index contributed by atoms with van der Waals surface area (Å²) in [6.07, 6.45) is 0.311. The van der Waals surface area contributed by atoms with Gasteiger partial charge in [-0.25, -0.2) is 0 Å². The average molecular weight is 292 g/mol. The van der Waals surface area contributed by atoms with Crippen LogP contribution in [-0.2, 0) is 10.2 Å². The molecule has 1 aliphatic rings. The topological polar surface area (TPSA) is 37.3 Å². The minimum Gasteiger partial charge on any atom is -0.511 e. The Labute approximate surface area is 131 Å². The maximum absolute atomic E-state index is 12.6. The molecule has 112 valence electrons. The molecule has 2 aromatic rings. The molecule has 1 N–H and O–H groups in total. The lowest BCUT2D eigenvalue weighted by molar-refractivity contribution is -0.113. The first kappa shape index (κ1) is 14.6. The monoisotopic (exact) mass is 292 g/mol. The van der Waals surface area contributed by atoms with Crippen molar-refractivity contribution < 1.29 is 9.90 Å². The molecule has 3 rings (SSSR count). The number of benzene rings is 2. The van der Waals surface area contributed by atoms with Gasteiger partial charge in [-0.15, -0.1) is 0 Å². The number of carbonyl (C=O) groups excluding carboxylic acids is 1. The van der Waals surface area contributed by atoms with Gasteiger partial charge < -0.3 is 5.11 Å². The van der Waals surface area contributed by atoms with Crippen LogP contribution in [0.2, 0.25) is 0 Å². The lowest BCUT2D eigenvalue weighted by Crippen LogP contribution is -2.22. The molecule has 0 amide bonds. The summed E-state index contributed by atoms with van der Waals surface area (Å²) in [5, 5.41) is 10.9. The Kier molecular flexibility index (Phi) is 3.40. The number of carbonyl (C=O) groups is 1. The molecule has 0 aliphatic heterocycles. The van der Waals surface area contributed by atoms with E-state index in [0.717, 1.165) is 22.3 Å². The van der Waals surface area contributed by atoms with Crippen molar-refractivity contribution in [1.29, 1.82) is 0 Å². The largest absolute Gasteiger partial charge is 0.511 e. The standard InChI is InChI=1S/C20H20O2/c1-13-9-10-14(2)16(11-13)18-17(21)12-20(3,19(18)22)15-7-5-4-6-8-15/h4-11,22H,12H2,1-3H3. The molecule has 1 atom stereocenters. The van der Waals surface area contributed by atoms with E-state index in [4.69, 9.17) is 0 Å². The van der Waals surface area contributed by atoms with Crippen molar-refractivity contribution in [2.45, 2.75) is 32.6 Å². The van der Waals surface area contributed by atoms with Crippen LogP contribution in [0.4, 0.5) is 0 Å². The average Bonchev–Trinajstić information content (AvgIpc) is 2.74. The van der Waals surface area contributed by atoms with Crippen molar-refractivity contribution in [3.63, 3.8) is 0 Å². The molecule has 0 fully saturated rings. The van der Waals surface area contributed by atoms with Gasteiger partial charge in [-0.2, -0.15) is 0 Å². The normalized spacial score (nSPS) is 21.5. The summed E-state index contributed by atoms with van der Waals surface area (Å²) in [6, 6.07) is 15.8. The molecule has 0 bridgehead atoms. The van der Waals surface area contributed by atoms with Gasteiger partial charge in [0.05, 0.1) is 11.0 Å². The Morgan fingerprint density at radius 3 is 2.41 bits per heavy atom. The van der Waals surface area contributed by atoms with E-state index in [1.54, 1.807) is 0 Å². The van der Waals surface area contributed by atoms with Crippen LogP contribution < -0.4 is 0 Å². The molecule has 0 saturated heterocycles. The first-order chi connectivity index (χ1) is 10.4. The maximum atomic E-state index is 12.6. The SMILES string of the molecule is Cc1ccc(C)c(C2=C(O)C(C)(c3ccccc3)CC2=O)c1. The van der Waals surface area contributed by atoms with Gasteiger partial charge in [0.25, 0.3) is 0 Å². The van der Waals surface area contributed by atoms with Crippen LogP contribution in [0.1, 0.15) is 35.6 Å². The van der Waals surface area contributed by atoms with E-state index in [1.165, 1.54) is 0 Å². The van der Waals surface area contributed by atoms with Crippen molar-refractivity contribution in [2.24, 2.45) is 0 Å². The summed E-state index contributed by atoms with van der Waals surface area (Å²) in [4.78, 5) is 12.6. The van der Waals surface area contributed by atoms with E-state index in [0.29, 0.717) is 12.0 Å². The molecule has 22 heavy (non-hydrogen) atoms. The highest BCUT2D eigenvalue weighted by atomic mass is 16.3. The van der Waals surface area contributed by atoms with Crippen LogP contribution in [0, 0.1) is 13.8 Å². The van der Waals surface area contributed by atoms with Gasteiger partial charge in [-0.3, -0.25) is 4.79 Å². The van der Waals surface area contributed by atoms with Crippen LogP contribution in [0.5, 0.6) is 0 Å². The Bertz CT molecular complexity index is 772. The van der Waals surface area contributed by atoms with Gasteiger partial charge in [0.2, 0.25) is 0 Å². The second kappa shape index (κ2) is 5.13. The predicted octanol–water partition coefficient (Wildman–Crippen LogP) is 4.50. The minimum atomic E-state index is -0.635. The number of hydrogen-bond acceptors (Lipinski definition) is 2. The van der Waals surface area contributed by atoms with Crippen molar-refractivity contribution in [3.8, 4) is 0 Å². The third kappa shape index (κ3) is 2.16. The van der Waals surface area contributed by atoms with Crippen molar-refractivity contribution in [3.05, 3.63) is 76.5 Å². The number of aliphatic hydroxyl groups is 1. The van der Waals surface area contributed by atoms with Gasteiger partial charge in [-0.05, 0) is 37.5 Å². The highest BCUT2D eigenvalue weighted by molar-refractivity contribution is 6.25. The Morgan fingerprint density at radius 2 is 1.73 bits per heavy atom. The molecule has 2 aromatic carbocycles. The zero-order valence-electron chi connectivity index (χ0n) is 13.2. The van der Waals surface area contributed by atoms with Crippen LogP contribution in [-0.4, -0.2) is 10.9 Å². The zero-order valence-corrected chi connectivity index (χ0v) is 13.2. The second-order valence-electron chi connectivity index (χ2n) is 6.34. The number of aliphatic hydroxyl groups excluding tert-OH is 1. The number of aryl methyl sites for hydroxylation is 2. The van der Waals surface area contributed by atoms with Gasteiger partial charge in [0, 0.05) is 6.42 Å². The fourth-order valence-corrected chi connectivity index (χ4v) is 3.23. The highest BCUT2D eigenvalue weighted by Crippen LogP contribution is 2.45. The van der Waals surface area contributed by atoms with E-state index in [-0.39, 0.29) is 11.5 Å². The van der Waals surface area contributed by atoms with E-state index in [1.807, 2.05) is 69.3 Å². The first-order valence-corrected chi connectivity index (χ1v) is 7.53. The van der Waals surface area contributed by atoms with Crippen LogP contribution in [0.15, 0.2) is 54.3 Å². The smallest absolute Gasteiger partial charge is 0.168 e. The number of Topliss-reactive ketones (excluding diaryl/α,β-unsaturated/α-hetero) is 1. The minimum absolute atomic E-state index is 0.0116. The van der Waals surface area contributed by atoms with Gasteiger partial charge >= 0.3 is 0 Å². The van der Waals surface area contributed by atoms with E-state index in [2.05, 4.69) is 0 Å². The summed E-state index contributed by atoms with van der Waals surface area (Å²) in [5.74, 6) is 0.204. The lowest BCUT2D eigenvalue weighted by atomic mass is 9.80. The quantitative estimate of drug-likeness (QED) is 0.884. The van der Waals surface area contributed by atoms with Gasteiger partial charge in [-0.1, -0.05) is 54.1 Å². The molecule has 0 aromatic heterocycles. The van der Waals surface area contributed by atoms with E-state index < -0.39 is 5.41 Å². The van der Waals surface area contributed by atoms with Gasteiger partial charge in [0.1, 0.15) is 5.76 Å². The number of hydrogen-bond donors (Lipinski definition) is 1. The Hall–Kier alpha value is -2.35. The molecule has 0 heterocycles. The summed E-state index contributed by atoms with van der Waals surface area (Å²) >= 11 is 0. The molecule has 2 nitrogen and oxygen atoms in total. The molecular weight excluding hydrogens is 272 g/mol. The third-order valence-corrected chi connectivity index (χ3v) is 4.63. The highest BCUT2D eigenvalue weighted by Gasteiger charge is 2.44. The molecule has 1 unspecified atom stereocenters. The molecule has 1 aliphatic carbocycles. The van der Waals surface area contributed by atoms with Crippen molar-refractivity contribution in [2.75, 3.05) is 0 Å². The summed E-state index contributed by atoms with van der Waals surface area (Å²) in [5.41, 5.74) is 3.76. The number of ketones is 1. The summed E-state index contributed by atoms with van der Waals surface area (Å²) < 4.78 is 0. The lowest BCUT2D eigenvalue weighted by Gasteiger charge is -2.24. The summed E-state index contributed by atoms with van der Waals surface area (Å²) in [7, 11) is 0. The first-order valence-electron chi connectivity index (χ1n) is 7.53. The van der Waals surface area contributed by atoms with Crippen LogP contribution >= 0.6 is 0 Å². The number of allylic oxidation sites excluding steroid dienone is 2. The van der Waals surface area contributed by atoms with Crippen LogP contribution in [0.25, 0.3) is 5.57 Å². The van der Waals surface area contributed by atoms with Crippen molar-refractivity contribution in [1.82, 2.24) is 0 Å². The fourth-order valence-electron chi connectivity index (χ4n) is 3.23. The van der Waals surface area contributed by atoms with E-state index in [9.17, 15) is 9.90 Å². The second-order valence-corrected chi connectivity index (χ2v) is 6.34. The fraction of sp³-hybridized carbons (Fsp3) is 0.250. The zero-order chi connectivity index (χ0) is 15.9. The molecule has 0 radical (unpaired) electrons. The summed E-state index contributed by atoms with van der Waals surface area (Å²) in [6.45, 7) is 5.91. The van der Waals surface area contributed by atoms with Crippen LogP contribution in [0.3, 0.4) is 0 Å². The molecule has 0 spiro atoms. The number of rotatable bonds is 2. The molecule has 2 heteroatoms. The maximum Gasteiger partial charge on any atom is 0.168 e. The predicted molar refractivity (Wildman–Crippen MR) is 88.9 cm³/mol.